The summed E-state index contributed by atoms with van der Waals surface area (Å²) in [6.45, 7) is 1.15. The fraction of sp³-hybridized carbons (Fsp3) is 0.448. The smallest absolute Gasteiger partial charge is 0.213 e. The van der Waals surface area contributed by atoms with Crippen molar-refractivity contribution in [1.29, 1.82) is 0 Å². The summed E-state index contributed by atoms with van der Waals surface area (Å²) >= 11 is 0. The molecule has 35 heavy (non-hydrogen) atoms. The highest BCUT2D eigenvalue weighted by atomic mass is 16.5. The van der Waals surface area contributed by atoms with Crippen LogP contribution in [0.4, 0.5) is 0 Å². The van der Waals surface area contributed by atoms with Crippen LogP contribution in [0.1, 0.15) is 51.4 Å². The topological polar surface area (TPSA) is 69.4 Å². The lowest BCUT2D eigenvalue weighted by Crippen LogP contribution is -2.39. The minimum atomic E-state index is 0.192. The molecule has 0 spiro atoms. The number of unbranched alkanes of at least 4 members (excludes halogenated alkanes) is 5. The number of aliphatic hydroxyl groups excluding tert-OH is 1. The second-order valence-electron chi connectivity index (χ2n) is 9.62. The van der Waals surface area contributed by atoms with Crippen molar-refractivity contribution in [2.45, 2.75) is 63.6 Å². The summed E-state index contributed by atoms with van der Waals surface area (Å²) in [4.78, 5) is 8.86. The van der Waals surface area contributed by atoms with Crippen molar-refractivity contribution in [3.63, 3.8) is 0 Å². The molecule has 0 atom stereocenters. The Kier molecular flexibility index (Phi) is 7.60. The molecule has 184 valence electrons. The monoisotopic (exact) mass is 473 g/mol. The summed E-state index contributed by atoms with van der Waals surface area (Å²) in [5.41, 5.74) is 4.59. The molecule has 1 aliphatic carbocycles. The van der Waals surface area contributed by atoms with Crippen molar-refractivity contribution in [3.8, 4) is 17.0 Å². The Balaban J connectivity index is 1.09. The maximum Gasteiger partial charge on any atom is 0.213 e. The SMILES string of the molecule is Cn1c2ccncc2c2ccc(-c3ccc(OC4CC(OCCCCCCCCO)C4)nc3)cc21. The van der Waals surface area contributed by atoms with Crippen LogP contribution in [-0.2, 0) is 11.8 Å². The molecule has 3 aromatic heterocycles. The van der Waals surface area contributed by atoms with Gasteiger partial charge in [0, 0.05) is 79.6 Å². The third-order valence-corrected chi connectivity index (χ3v) is 7.12. The largest absolute Gasteiger partial charge is 0.474 e. The summed E-state index contributed by atoms with van der Waals surface area (Å²) < 4.78 is 14.2. The van der Waals surface area contributed by atoms with Crippen LogP contribution < -0.4 is 4.74 Å². The van der Waals surface area contributed by atoms with Gasteiger partial charge in [-0.15, -0.1) is 0 Å². The highest BCUT2D eigenvalue weighted by Crippen LogP contribution is 2.32. The van der Waals surface area contributed by atoms with Gasteiger partial charge in [-0.2, -0.15) is 0 Å². The van der Waals surface area contributed by atoms with Crippen LogP contribution in [0.5, 0.6) is 5.88 Å². The number of aliphatic hydroxyl groups is 1. The second kappa shape index (κ2) is 11.2. The standard InChI is InChI=1S/C29H35N3O3/c1-32-27-12-13-30-20-26(27)25-10-8-21(16-28(25)32)22-9-11-29(31-19-22)35-24-17-23(18-24)34-15-7-5-3-2-4-6-14-33/h8-13,16,19-20,23-24,33H,2-7,14-15,17-18H2,1H3. The second-order valence-corrected chi connectivity index (χ2v) is 9.62. The van der Waals surface area contributed by atoms with E-state index in [1.807, 2.05) is 24.7 Å². The molecule has 0 unspecified atom stereocenters. The number of ether oxygens (including phenoxy) is 2. The zero-order valence-corrected chi connectivity index (χ0v) is 20.5. The van der Waals surface area contributed by atoms with Crippen LogP contribution in [0.25, 0.3) is 32.9 Å². The zero-order valence-electron chi connectivity index (χ0n) is 20.5. The van der Waals surface area contributed by atoms with Gasteiger partial charge in [0.25, 0.3) is 0 Å². The molecule has 5 rings (SSSR count). The molecule has 0 radical (unpaired) electrons. The fourth-order valence-corrected chi connectivity index (χ4v) is 4.95. The predicted molar refractivity (Wildman–Crippen MR) is 140 cm³/mol. The molecular weight excluding hydrogens is 438 g/mol. The molecule has 1 aromatic carbocycles. The number of hydrogen-bond donors (Lipinski definition) is 1. The Labute approximate surface area is 206 Å². The van der Waals surface area contributed by atoms with Gasteiger partial charge in [0.1, 0.15) is 6.10 Å². The zero-order chi connectivity index (χ0) is 24.0. The van der Waals surface area contributed by atoms with Gasteiger partial charge in [-0.25, -0.2) is 4.98 Å². The maximum atomic E-state index is 8.80. The number of benzene rings is 1. The highest BCUT2D eigenvalue weighted by Gasteiger charge is 2.31. The van der Waals surface area contributed by atoms with Gasteiger partial charge in [0.05, 0.1) is 11.6 Å². The van der Waals surface area contributed by atoms with E-state index in [1.165, 1.54) is 41.1 Å². The molecule has 1 fully saturated rings. The van der Waals surface area contributed by atoms with E-state index in [9.17, 15) is 0 Å². The molecule has 6 heteroatoms. The molecule has 0 amide bonds. The third kappa shape index (κ3) is 5.49. The van der Waals surface area contributed by atoms with Gasteiger partial charge >= 0.3 is 0 Å². The van der Waals surface area contributed by atoms with Gasteiger partial charge in [-0.3, -0.25) is 4.98 Å². The van der Waals surface area contributed by atoms with Crippen LogP contribution in [0.2, 0.25) is 0 Å². The van der Waals surface area contributed by atoms with Gasteiger partial charge < -0.3 is 19.1 Å². The predicted octanol–water partition coefficient (Wildman–Crippen LogP) is 6.05. The quantitative estimate of drug-likeness (QED) is 0.254. The molecule has 0 bridgehead atoms. The van der Waals surface area contributed by atoms with E-state index < -0.39 is 0 Å². The van der Waals surface area contributed by atoms with Crippen molar-refractivity contribution < 1.29 is 14.6 Å². The first-order chi connectivity index (χ1) is 17.2. The van der Waals surface area contributed by atoms with E-state index in [1.54, 1.807) is 0 Å². The average Bonchev–Trinajstić information content (AvgIpc) is 3.16. The third-order valence-electron chi connectivity index (χ3n) is 7.12. The molecule has 3 heterocycles. The lowest BCUT2D eigenvalue weighted by atomic mass is 9.92. The number of fused-ring (bicyclic) bond motifs is 3. The van der Waals surface area contributed by atoms with Crippen molar-refractivity contribution in [2.75, 3.05) is 13.2 Å². The Morgan fingerprint density at radius 1 is 0.857 bits per heavy atom. The summed E-state index contributed by atoms with van der Waals surface area (Å²) in [6, 6.07) is 12.6. The number of aromatic nitrogens is 3. The Morgan fingerprint density at radius 2 is 1.66 bits per heavy atom. The van der Waals surface area contributed by atoms with Crippen LogP contribution in [0.15, 0.2) is 55.0 Å². The Morgan fingerprint density at radius 3 is 2.46 bits per heavy atom. The van der Waals surface area contributed by atoms with Gasteiger partial charge in [-0.1, -0.05) is 37.8 Å². The van der Waals surface area contributed by atoms with Crippen molar-refractivity contribution >= 4 is 21.8 Å². The number of rotatable bonds is 12. The van der Waals surface area contributed by atoms with E-state index in [0.717, 1.165) is 49.8 Å². The van der Waals surface area contributed by atoms with Crippen LogP contribution >= 0.6 is 0 Å². The molecule has 0 aliphatic heterocycles. The summed E-state index contributed by atoms with van der Waals surface area (Å²) in [5, 5.41) is 11.2. The van der Waals surface area contributed by atoms with E-state index in [-0.39, 0.29) is 6.10 Å². The Hall–Kier alpha value is -2.96. The van der Waals surface area contributed by atoms with Gasteiger partial charge in [-0.05, 0) is 36.6 Å². The van der Waals surface area contributed by atoms with Gasteiger partial charge in [0.15, 0.2) is 0 Å². The number of nitrogens with zero attached hydrogens (tertiary/aromatic N) is 3. The van der Waals surface area contributed by atoms with Crippen LogP contribution in [0.3, 0.4) is 0 Å². The number of pyridine rings is 2. The van der Waals surface area contributed by atoms with E-state index in [4.69, 9.17) is 14.6 Å². The molecule has 1 saturated carbocycles. The molecule has 6 nitrogen and oxygen atoms in total. The minimum Gasteiger partial charge on any atom is -0.474 e. The van der Waals surface area contributed by atoms with Crippen molar-refractivity contribution in [2.24, 2.45) is 7.05 Å². The van der Waals surface area contributed by atoms with E-state index >= 15 is 0 Å². The number of aryl methyl sites for hydroxylation is 1. The first-order valence-electron chi connectivity index (χ1n) is 12.9. The summed E-state index contributed by atoms with van der Waals surface area (Å²) in [5.74, 6) is 0.678. The first-order valence-corrected chi connectivity index (χ1v) is 12.9. The Bertz CT molecular complexity index is 1250. The fourth-order valence-electron chi connectivity index (χ4n) is 4.95. The summed E-state index contributed by atoms with van der Waals surface area (Å²) in [7, 11) is 2.10. The molecule has 1 aliphatic rings. The van der Waals surface area contributed by atoms with Crippen LogP contribution in [-0.4, -0.2) is 45.1 Å². The normalized spacial score (nSPS) is 17.7. The van der Waals surface area contributed by atoms with Gasteiger partial charge in [0.2, 0.25) is 5.88 Å². The van der Waals surface area contributed by atoms with Crippen LogP contribution in [0, 0.1) is 0 Å². The van der Waals surface area contributed by atoms with E-state index in [0.29, 0.717) is 18.6 Å². The maximum absolute atomic E-state index is 8.80. The molecule has 1 N–H and O–H groups in total. The minimum absolute atomic E-state index is 0.192. The number of hydrogen-bond acceptors (Lipinski definition) is 5. The molecule has 0 saturated heterocycles. The summed E-state index contributed by atoms with van der Waals surface area (Å²) in [6.07, 6.45) is 14.9. The first kappa shape index (κ1) is 23.8. The van der Waals surface area contributed by atoms with Crippen molar-refractivity contribution in [1.82, 2.24) is 14.5 Å². The van der Waals surface area contributed by atoms with E-state index in [2.05, 4.69) is 51.9 Å². The highest BCUT2D eigenvalue weighted by molar-refractivity contribution is 6.08. The van der Waals surface area contributed by atoms with Crippen molar-refractivity contribution in [3.05, 3.63) is 55.0 Å². The molecular formula is C29H35N3O3. The lowest BCUT2D eigenvalue weighted by Gasteiger charge is -2.34. The molecule has 4 aromatic rings. The lowest BCUT2D eigenvalue weighted by molar-refractivity contribution is -0.0627. The average molecular weight is 474 g/mol.